The molecule has 0 unspecified atom stereocenters. The number of hydrogen-bond donors (Lipinski definition) is 1. The molecule has 0 spiro atoms. The zero-order chi connectivity index (χ0) is 15.7. The van der Waals surface area contributed by atoms with Crippen LogP contribution in [0.15, 0.2) is 48.7 Å². The normalized spacial score (nSPS) is 11.4. The number of fused-ring (bicyclic) bond motifs is 1. The molecule has 3 aromatic rings. The van der Waals surface area contributed by atoms with Crippen molar-refractivity contribution in [1.29, 1.82) is 0 Å². The number of benzene rings is 1. The predicted octanol–water partition coefficient (Wildman–Crippen LogP) is 4.41. The molecule has 2 aromatic heterocycles. The third kappa shape index (κ3) is 2.84. The molecule has 0 saturated heterocycles. The molecule has 3 rings (SSSR count). The number of carboxylic acids is 1. The Morgan fingerprint density at radius 2 is 1.77 bits per heavy atom. The summed E-state index contributed by atoms with van der Waals surface area (Å²) in [5.41, 5.74) is 2.83. The van der Waals surface area contributed by atoms with Crippen molar-refractivity contribution in [2.75, 3.05) is 0 Å². The van der Waals surface area contributed by atoms with E-state index in [9.17, 15) is 4.79 Å². The number of carboxylic acid groups (broad SMARTS) is 1. The maximum Gasteiger partial charge on any atom is 0.328 e. The van der Waals surface area contributed by atoms with Crippen LogP contribution in [0.4, 0.5) is 0 Å². The molecule has 0 fully saturated rings. The van der Waals surface area contributed by atoms with Crippen LogP contribution in [0.1, 0.15) is 5.69 Å². The Morgan fingerprint density at radius 1 is 1.09 bits per heavy atom. The summed E-state index contributed by atoms with van der Waals surface area (Å²) < 4.78 is 1.76. The summed E-state index contributed by atoms with van der Waals surface area (Å²) in [4.78, 5) is 15.4. The van der Waals surface area contributed by atoms with Crippen molar-refractivity contribution in [1.82, 2.24) is 9.38 Å². The zero-order valence-electron chi connectivity index (χ0n) is 11.2. The Labute approximate surface area is 136 Å². The Balaban J connectivity index is 2.26. The molecular formula is C16H10Cl2N2O2. The number of hydrogen-bond acceptors (Lipinski definition) is 2. The van der Waals surface area contributed by atoms with Crippen LogP contribution >= 0.6 is 23.2 Å². The predicted molar refractivity (Wildman–Crippen MR) is 87.3 cm³/mol. The van der Waals surface area contributed by atoms with Crippen LogP contribution in [0, 0.1) is 0 Å². The molecule has 1 aromatic carbocycles. The monoisotopic (exact) mass is 332 g/mol. The minimum absolute atomic E-state index is 0.539. The lowest BCUT2D eigenvalue weighted by atomic mass is 10.1. The summed E-state index contributed by atoms with van der Waals surface area (Å²) in [6.07, 6.45) is 4.28. The van der Waals surface area contributed by atoms with Crippen LogP contribution in [0.2, 0.25) is 10.0 Å². The minimum atomic E-state index is -1.03. The number of aliphatic carboxylic acids is 1. The van der Waals surface area contributed by atoms with E-state index in [4.69, 9.17) is 28.3 Å². The second kappa shape index (κ2) is 5.83. The molecule has 0 aliphatic carbocycles. The Hall–Kier alpha value is -2.30. The van der Waals surface area contributed by atoms with Gasteiger partial charge in [-0.3, -0.25) is 4.40 Å². The maximum atomic E-state index is 10.8. The number of pyridine rings is 1. The van der Waals surface area contributed by atoms with Gasteiger partial charge in [0.25, 0.3) is 0 Å². The number of carbonyl (C=O) groups is 1. The van der Waals surface area contributed by atoms with E-state index in [0.29, 0.717) is 27.1 Å². The van der Waals surface area contributed by atoms with Gasteiger partial charge in [-0.1, -0.05) is 35.3 Å². The largest absolute Gasteiger partial charge is 0.478 e. The zero-order valence-corrected chi connectivity index (χ0v) is 12.7. The van der Waals surface area contributed by atoms with Crippen molar-refractivity contribution in [2.24, 2.45) is 0 Å². The highest BCUT2D eigenvalue weighted by molar-refractivity contribution is 6.30. The summed E-state index contributed by atoms with van der Waals surface area (Å²) >= 11 is 11.9. The van der Waals surface area contributed by atoms with E-state index in [0.717, 1.165) is 11.6 Å². The van der Waals surface area contributed by atoms with E-state index in [1.54, 1.807) is 34.9 Å². The lowest BCUT2D eigenvalue weighted by molar-refractivity contribution is -0.131. The lowest BCUT2D eigenvalue weighted by Gasteiger charge is -2.01. The van der Waals surface area contributed by atoms with E-state index in [1.807, 2.05) is 12.1 Å². The molecule has 1 N–H and O–H groups in total. The van der Waals surface area contributed by atoms with Crippen molar-refractivity contribution in [3.05, 3.63) is 64.4 Å². The quantitative estimate of drug-likeness (QED) is 0.723. The SMILES string of the molecule is O=C(O)/C=C/c1c(-c2ccc(Cl)cc2)nc2ccc(Cl)cn12. The highest BCUT2D eigenvalue weighted by atomic mass is 35.5. The molecule has 4 nitrogen and oxygen atoms in total. The first-order valence-corrected chi connectivity index (χ1v) is 7.15. The van der Waals surface area contributed by atoms with Crippen LogP contribution in [0.3, 0.4) is 0 Å². The molecule has 0 amide bonds. The summed E-state index contributed by atoms with van der Waals surface area (Å²) in [6.45, 7) is 0. The first-order valence-electron chi connectivity index (χ1n) is 6.39. The number of rotatable bonds is 3. The van der Waals surface area contributed by atoms with Crippen LogP contribution < -0.4 is 0 Å². The molecule has 0 radical (unpaired) electrons. The van der Waals surface area contributed by atoms with E-state index >= 15 is 0 Å². The van der Waals surface area contributed by atoms with Gasteiger partial charge in [0.15, 0.2) is 0 Å². The van der Waals surface area contributed by atoms with Gasteiger partial charge in [-0.15, -0.1) is 0 Å². The number of imidazole rings is 1. The van der Waals surface area contributed by atoms with Crippen molar-refractivity contribution in [3.8, 4) is 11.3 Å². The van der Waals surface area contributed by atoms with Gasteiger partial charge >= 0.3 is 5.97 Å². The fourth-order valence-corrected chi connectivity index (χ4v) is 2.45. The Morgan fingerprint density at radius 3 is 2.45 bits per heavy atom. The van der Waals surface area contributed by atoms with Crippen LogP contribution in [-0.4, -0.2) is 20.5 Å². The summed E-state index contributed by atoms with van der Waals surface area (Å²) in [5, 5.41) is 10.0. The van der Waals surface area contributed by atoms with Gasteiger partial charge in [-0.05, 0) is 30.3 Å². The second-order valence-corrected chi connectivity index (χ2v) is 5.47. The molecule has 0 aliphatic rings. The molecule has 0 aliphatic heterocycles. The number of halogens is 2. The molecule has 0 bridgehead atoms. The van der Waals surface area contributed by atoms with Crippen LogP contribution in [0.25, 0.3) is 23.0 Å². The van der Waals surface area contributed by atoms with Gasteiger partial charge in [0, 0.05) is 22.9 Å². The molecular weight excluding hydrogens is 323 g/mol. The van der Waals surface area contributed by atoms with Gasteiger partial charge in [0.2, 0.25) is 0 Å². The Kier molecular flexibility index (Phi) is 3.88. The van der Waals surface area contributed by atoms with Crippen molar-refractivity contribution in [2.45, 2.75) is 0 Å². The fourth-order valence-electron chi connectivity index (χ4n) is 2.17. The minimum Gasteiger partial charge on any atom is -0.478 e. The van der Waals surface area contributed by atoms with Crippen molar-refractivity contribution >= 4 is 40.9 Å². The summed E-state index contributed by atoms with van der Waals surface area (Å²) in [7, 11) is 0. The average molecular weight is 333 g/mol. The van der Waals surface area contributed by atoms with Gasteiger partial charge in [0.1, 0.15) is 5.65 Å². The Bertz CT molecular complexity index is 883. The third-order valence-corrected chi connectivity index (χ3v) is 3.60. The fraction of sp³-hybridized carbons (Fsp3) is 0. The standard InChI is InChI=1S/C16H10Cl2N2O2/c17-11-3-1-10(2-4-11)16-13(6-8-15(21)22)20-9-12(18)5-7-14(20)19-16/h1-9H,(H,21,22)/b8-6+. The number of nitrogens with zero attached hydrogens (tertiary/aromatic N) is 2. The third-order valence-electron chi connectivity index (χ3n) is 3.12. The van der Waals surface area contributed by atoms with E-state index in [1.165, 1.54) is 6.08 Å². The molecule has 0 atom stereocenters. The molecule has 6 heteroatoms. The van der Waals surface area contributed by atoms with E-state index in [-0.39, 0.29) is 0 Å². The summed E-state index contributed by atoms with van der Waals surface area (Å²) in [5.74, 6) is -1.03. The summed E-state index contributed by atoms with van der Waals surface area (Å²) in [6, 6.07) is 10.7. The van der Waals surface area contributed by atoms with Crippen molar-refractivity contribution < 1.29 is 9.90 Å². The molecule has 22 heavy (non-hydrogen) atoms. The van der Waals surface area contributed by atoms with Gasteiger partial charge in [0.05, 0.1) is 16.4 Å². The van der Waals surface area contributed by atoms with Crippen LogP contribution in [0.5, 0.6) is 0 Å². The number of aromatic nitrogens is 2. The van der Waals surface area contributed by atoms with E-state index in [2.05, 4.69) is 4.98 Å². The first kappa shape index (κ1) is 14.6. The maximum absolute atomic E-state index is 10.8. The highest BCUT2D eigenvalue weighted by Crippen LogP contribution is 2.27. The highest BCUT2D eigenvalue weighted by Gasteiger charge is 2.12. The lowest BCUT2D eigenvalue weighted by Crippen LogP contribution is -1.91. The second-order valence-electron chi connectivity index (χ2n) is 4.60. The van der Waals surface area contributed by atoms with Gasteiger partial charge in [-0.2, -0.15) is 0 Å². The van der Waals surface area contributed by atoms with Crippen LogP contribution in [-0.2, 0) is 4.79 Å². The van der Waals surface area contributed by atoms with Crippen molar-refractivity contribution in [3.63, 3.8) is 0 Å². The topological polar surface area (TPSA) is 54.6 Å². The molecule has 0 saturated carbocycles. The molecule has 2 heterocycles. The smallest absolute Gasteiger partial charge is 0.328 e. The van der Waals surface area contributed by atoms with Gasteiger partial charge < -0.3 is 5.11 Å². The van der Waals surface area contributed by atoms with E-state index < -0.39 is 5.97 Å². The average Bonchev–Trinajstić information content (AvgIpc) is 2.83. The first-order chi connectivity index (χ1) is 10.5. The van der Waals surface area contributed by atoms with Gasteiger partial charge in [-0.25, -0.2) is 9.78 Å². The molecule has 110 valence electrons.